The molecule has 31 heavy (non-hydrogen) atoms. The molecule has 0 aromatic heterocycles. The molecule has 4 nitrogen and oxygen atoms in total. The molecular weight excluding hydrogens is 410 g/mol. The zero-order valence-corrected chi connectivity index (χ0v) is 18.2. The molecule has 0 spiro atoms. The van der Waals surface area contributed by atoms with Gasteiger partial charge in [-0.2, -0.15) is 0 Å². The van der Waals surface area contributed by atoms with Crippen molar-refractivity contribution in [1.82, 2.24) is 5.32 Å². The van der Waals surface area contributed by atoms with Crippen LogP contribution in [-0.2, 0) is 12.8 Å². The largest absolute Gasteiger partial charge is 0.478 e. The standard InChI is InChI=1S/C26H26ClNO3/c1-16-12-20(26(30)31)7-11-24(16)19-3-2-17-6-10-23(14-21(17)13-19)28-15-25(29)18-4-8-22(27)9-5-18/h2-5,7-9,11-13,23,25,28-29H,6,10,14-15H2,1H3,(H,30,31)/t23-,25-/m0/s1. The SMILES string of the molecule is Cc1cc(C(=O)O)ccc1-c1ccc2c(c1)C[C@@H](NC[C@H](O)c1ccc(Cl)cc1)CC2. The van der Waals surface area contributed by atoms with Gasteiger partial charge < -0.3 is 15.5 Å². The van der Waals surface area contributed by atoms with Crippen LogP contribution in [0.1, 0.15) is 45.1 Å². The topological polar surface area (TPSA) is 69.6 Å². The van der Waals surface area contributed by atoms with Crippen LogP contribution in [0.15, 0.2) is 60.7 Å². The number of aryl methyl sites for hydroxylation is 2. The first-order chi connectivity index (χ1) is 14.9. The third-order valence-corrected chi connectivity index (χ3v) is 6.33. The van der Waals surface area contributed by atoms with E-state index < -0.39 is 12.1 Å². The summed E-state index contributed by atoms with van der Waals surface area (Å²) in [6, 6.07) is 19.4. The fourth-order valence-corrected chi connectivity index (χ4v) is 4.43. The number of carbonyl (C=O) groups is 1. The van der Waals surface area contributed by atoms with Crippen LogP contribution in [0.5, 0.6) is 0 Å². The highest BCUT2D eigenvalue weighted by molar-refractivity contribution is 6.30. The number of rotatable bonds is 6. The lowest BCUT2D eigenvalue weighted by Crippen LogP contribution is -2.37. The Bertz CT molecular complexity index is 1090. The summed E-state index contributed by atoms with van der Waals surface area (Å²) in [4.78, 5) is 11.2. The summed E-state index contributed by atoms with van der Waals surface area (Å²) >= 11 is 5.93. The lowest BCUT2D eigenvalue weighted by molar-refractivity contribution is 0.0697. The molecule has 1 aliphatic carbocycles. The van der Waals surface area contributed by atoms with Gasteiger partial charge in [0.25, 0.3) is 0 Å². The van der Waals surface area contributed by atoms with Gasteiger partial charge in [-0.3, -0.25) is 0 Å². The average Bonchev–Trinajstić information content (AvgIpc) is 2.77. The van der Waals surface area contributed by atoms with Crippen LogP contribution in [0.3, 0.4) is 0 Å². The second-order valence-corrected chi connectivity index (χ2v) is 8.67. The molecule has 3 aromatic carbocycles. The van der Waals surface area contributed by atoms with Gasteiger partial charge in [-0.25, -0.2) is 4.79 Å². The highest BCUT2D eigenvalue weighted by atomic mass is 35.5. The molecule has 0 bridgehead atoms. The molecule has 160 valence electrons. The van der Waals surface area contributed by atoms with Crippen molar-refractivity contribution >= 4 is 17.6 Å². The molecule has 1 aliphatic rings. The first-order valence-corrected chi connectivity index (χ1v) is 10.9. The Morgan fingerprint density at radius 3 is 2.58 bits per heavy atom. The maximum Gasteiger partial charge on any atom is 0.335 e. The van der Waals surface area contributed by atoms with E-state index in [-0.39, 0.29) is 0 Å². The van der Waals surface area contributed by atoms with E-state index in [9.17, 15) is 15.0 Å². The molecule has 2 atom stereocenters. The minimum atomic E-state index is -0.908. The van der Waals surface area contributed by atoms with Gasteiger partial charge in [0.05, 0.1) is 11.7 Å². The van der Waals surface area contributed by atoms with Gasteiger partial charge in [0.15, 0.2) is 0 Å². The molecule has 0 radical (unpaired) electrons. The zero-order chi connectivity index (χ0) is 22.0. The molecule has 0 aliphatic heterocycles. The third-order valence-electron chi connectivity index (χ3n) is 6.07. The normalized spacial score (nSPS) is 16.5. The van der Waals surface area contributed by atoms with Crippen molar-refractivity contribution in [3.05, 3.63) is 93.5 Å². The Kier molecular flexibility index (Phi) is 6.42. The van der Waals surface area contributed by atoms with Crippen LogP contribution in [0, 0.1) is 6.92 Å². The monoisotopic (exact) mass is 435 g/mol. The number of hydrogen-bond acceptors (Lipinski definition) is 3. The van der Waals surface area contributed by atoms with Crippen molar-refractivity contribution in [2.75, 3.05) is 6.54 Å². The number of carboxylic acids is 1. The quantitative estimate of drug-likeness (QED) is 0.498. The molecule has 3 N–H and O–H groups in total. The van der Waals surface area contributed by atoms with Crippen molar-refractivity contribution in [3.63, 3.8) is 0 Å². The Morgan fingerprint density at radius 2 is 1.87 bits per heavy atom. The zero-order valence-electron chi connectivity index (χ0n) is 17.4. The molecule has 0 amide bonds. The number of fused-ring (bicyclic) bond motifs is 1. The summed E-state index contributed by atoms with van der Waals surface area (Å²) in [5, 5.41) is 23.9. The smallest absolute Gasteiger partial charge is 0.335 e. The van der Waals surface area contributed by atoms with Gasteiger partial charge in [-0.05, 0) is 83.8 Å². The van der Waals surface area contributed by atoms with Crippen LogP contribution in [-0.4, -0.2) is 28.8 Å². The predicted octanol–water partition coefficient (Wildman–Crippen LogP) is 5.19. The van der Waals surface area contributed by atoms with Gasteiger partial charge >= 0.3 is 5.97 Å². The van der Waals surface area contributed by atoms with E-state index in [1.807, 2.05) is 25.1 Å². The van der Waals surface area contributed by atoms with Gasteiger partial charge in [-0.15, -0.1) is 0 Å². The molecule has 0 fully saturated rings. The van der Waals surface area contributed by atoms with Gasteiger partial charge in [0.1, 0.15) is 0 Å². The number of halogens is 1. The summed E-state index contributed by atoms with van der Waals surface area (Å²) in [5.74, 6) is -0.908. The number of aliphatic hydroxyl groups excluding tert-OH is 1. The number of aromatic carboxylic acids is 1. The lowest BCUT2D eigenvalue weighted by atomic mass is 9.85. The third kappa shape index (κ3) is 4.99. The summed E-state index contributed by atoms with van der Waals surface area (Å²) in [6.45, 7) is 2.45. The highest BCUT2D eigenvalue weighted by Crippen LogP contribution is 2.30. The van der Waals surface area contributed by atoms with Crippen molar-refractivity contribution in [1.29, 1.82) is 0 Å². The molecule has 3 aromatic rings. The van der Waals surface area contributed by atoms with Crippen molar-refractivity contribution in [2.24, 2.45) is 0 Å². The van der Waals surface area contributed by atoms with Crippen LogP contribution < -0.4 is 5.32 Å². The second kappa shape index (κ2) is 9.23. The van der Waals surface area contributed by atoms with Gasteiger partial charge in [0, 0.05) is 17.6 Å². The molecule has 0 saturated heterocycles. The Morgan fingerprint density at radius 1 is 1.10 bits per heavy atom. The molecule has 4 rings (SSSR count). The fraction of sp³-hybridized carbons (Fsp3) is 0.269. The van der Waals surface area contributed by atoms with E-state index in [0.29, 0.717) is 23.2 Å². The summed E-state index contributed by atoms with van der Waals surface area (Å²) in [6.07, 6.45) is 2.37. The summed E-state index contributed by atoms with van der Waals surface area (Å²) in [7, 11) is 0. The fourth-order valence-electron chi connectivity index (χ4n) is 4.30. The van der Waals surface area contributed by atoms with E-state index in [4.69, 9.17) is 11.6 Å². The van der Waals surface area contributed by atoms with Crippen LogP contribution in [0.4, 0.5) is 0 Å². The summed E-state index contributed by atoms with van der Waals surface area (Å²) < 4.78 is 0. The molecule has 5 heteroatoms. The molecular formula is C26H26ClNO3. The Balaban J connectivity index is 1.45. The first-order valence-electron chi connectivity index (χ1n) is 10.5. The van der Waals surface area contributed by atoms with E-state index in [1.54, 1.807) is 24.3 Å². The van der Waals surface area contributed by atoms with E-state index in [2.05, 4.69) is 23.5 Å². The number of benzene rings is 3. The van der Waals surface area contributed by atoms with Crippen LogP contribution >= 0.6 is 11.6 Å². The number of aliphatic hydroxyl groups is 1. The summed E-state index contributed by atoms with van der Waals surface area (Å²) in [5.41, 5.74) is 6.95. The highest BCUT2D eigenvalue weighted by Gasteiger charge is 2.20. The van der Waals surface area contributed by atoms with E-state index in [0.717, 1.165) is 41.5 Å². The van der Waals surface area contributed by atoms with Crippen molar-refractivity contribution < 1.29 is 15.0 Å². The Labute approximate surface area is 187 Å². The van der Waals surface area contributed by atoms with E-state index >= 15 is 0 Å². The number of hydrogen-bond donors (Lipinski definition) is 3. The number of nitrogens with one attached hydrogen (secondary N) is 1. The van der Waals surface area contributed by atoms with E-state index in [1.165, 1.54) is 11.1 Å². The van der Waals surface area contributed by atoms with Crippen LogP contribution in [0.25, 0.3) is 11.1 Å². The van der Waals surface area contributed by atoms with Gasteiger partial charge in [0.2, 0.25) is 0 Å². The minimum Gasteiger partial charge on any atom is -0.478 e. The molecule has 0 heterocycles. The maximum absolute atomic E-state index is 11.2. The minimum absolute atomic E-state index is 0.306. The molecule has 0 unspecified atom stereocenters. The second-order valence-electron chi connectivity index (χ2n) is 8.23. The predicted molar refractivity (Wildman–Crippen MR) is 124 cm³/mol. The maximum atomic E-state index is 11.2. The lowest BCUT2D eigenvalue weighted by Gasteiger charge is -2.27. The average molecular weight is 436 g/mol. The van der Waals surface area contributed by atoms with Gasteiger partial charge in [-0.1, -0.05) is 48.0 Å². The Hall–Kier alpha value is -2.66. The number of carboxylic acid groups (broad SMARTS) is 1. The van der Waals surface area contributed by atoms with Crippen molar-refractivity contribution in [2.45, 2.75) is 38.3 Å². The first kappa shape index (κ1) is 21.6. The molecule has 0 saturated carbocycles. The van der Waals surface area contributed by atoms with Crippen molar-refractivity contribution in [3.8, 4) is 11.1 Å². The van der Waals surface area contributed by atoms with Crippen LogP contribution in [0.2, 0.25) is 5.02 Å².